The summed E-state index contributed by atoms with van der Waals surface area (Å²) in [7, 11) is 0. The van der Waals surface area contributed by atoms with E-state index in [1.165, 1.54) is 23.1 Å². The molecule has 0 heterocycles. The first-order chi connectivity index (χ1) is 9.70. The van der Waals surface area contributed by atoms with E-state index < -0.39 is 0 Å². The average molecular weight is 268 g/mol. The van der Waals surface area contributed by atoms with Crippen LogP contribution in [0.15, 0.2) is 54.6 Å². The second-order valence-corrected chi connectivity index (χ2v) is 5.68. The van der Waals surface area contributed by atoms with Gasteiger partial charge in [0.05, 0.1) is 0 Å². The summed E-state index contributed by atoms with van der Waals surface area (Å²) in [5.74, 6) is 6.39. The molecule has 0 fully saturated rings. The van der Waals surface area contributed by atoms with Crippen molar-refractivity contribution in [1.29, 1.82) is 0 Å². The maximum Gasteiger partial charge on any atom is 0.0460 e. The third kappa shape index (κ3) is 3.92. The molecule has 0 aliphatic rings. The minimum absolute atomic E-state index is 0.238. The third-order valence-corrected chi connectivity index (χ3v) is 3.65. The third-order valence-electron chi connectivity index (χ3n) is 3.65. The van der Waals surface area contributed by atoms with Gasteiger partial charge in [-0.1, -0.05) is 68.4 Å². The highest BCUT2D eigenvalue weighted by molar-refractivity contribution is 5.63. The molecule has 2 aromatic rings. The van der Waals surface area contributed by atoms with E-state index >= 15 is 0 Å². The predicted octanol–water partition coefficient (Wildman–Crippen LogP) is 4.29. The van der Waals surface area contributed by atoms with Gasteiger partial charge in [0.25, 0.3) is 0 Å². The van der Waals surface area contributed by atoms with Crippen LogP contribution in [0.4, 0.5) is 0 Å². The van der Waals surface area contributed by atoms with Gasteiger partial charge in [-0.2, -0.15) is 0 Å². The van der Waals surface area contributed by atoms with Gasteiger partial charge in [-0.25, -0.2) is 0 Å². The van der Waals surface area contributed by atoms with E-state index in [0.29, 0.717) is 5.92 Å². The lowest BCUT2D eigenvalue weighted by Crippen LogP contribution is -2.28. The summed E-state index contributed by atoms with van der Waals surface area (Å²) in [5, 5.41) is 0. The molecule has 1 atom stereocenters. The standard InChI is InChI=1S/C18H24N2/c1-14(2)8-13-18(20-19)17-11-9-16(10-12-17)15-6-4-3-5-7-15/h3-7,9-12,14,18,20H,8,13,19H2,1-2H3. The van der Waals surface area contributed by atoms with E-state index in [2.05, 4.69) is 67.8 Å². The van der Waals surface area contributed by atoms with Crippen molar-refractivity contribution in [3.05, 3.63) is 60.2 Å². The second-order valence-electron chi connectivity index (χ2n) is 5.68. The molecular weight excluding hydrogens is 244 g/mol. The summed E-state index contributed by atoms with van der Waals surface area (Å²) in [4.78, 5) is 0. The molecule has 20 heavy (non-hydrogen) atoms. The Kier molecular flexibility index (Phi) is 5.33. The molecule has 2 rings (SSSR count). The van der Waals surface area contributed by atoms with Crippen LogP contribution >= 0.6 is 0 Å². The van der Waals surface area contributed by atoms with Gasteiger partial charge in [0.2, 0.25) is 0 Å². The van der Waals surface area contributed by atoms with Crippen molar-refractivity contribution in [2.24, 2.45) is 11.8 Å². The first kappa shape index (κ1) is 14.8. The topological polar surface area (TPSA) is 38.0 Å². The first-order valence-corrected chi connectivity index (χ1v) is 7.32. The number of nitrogens with two attached hydrogens (primary N) is 1. The highest BCUT2D eigenvalue weighted by Crippen LogP contribution is 2.24. The van der Waals surface area contributed by atoms with Crippen LogP contribution in [0.1, 0.15) is 38.3 Å². The van der Waals surface area contributed by atoms with E-state index in [9.17, 15) is 0 Å². The summed E-state index contributed by atoms with van der Waals surface area (Å²) >= 11 is 0. The van der Waals surface area contributed by atoms with E-state index in [0.717, 1.165) is 6.42 Å². The highest BCUT2D eigenvalue weighted by atomic mass is 15.2. The zero-order valence-electron chi connectivity index (χ0n) is 12.3. The fraction of sp³-hybridized carbons (Fsp3) is 0.333. The van der Waals surface area contributed by atoms with E-state index in [1.807, 2.05) is 6.07 Å². The van der Waals surface area contributed by atoms with Gasteiger partial charge >= 0.3 is 0 Å². The Balaban J connectivity index is 2.10. The molecule has 0 saturated carbocycles. The molecule has 0 aliphatic heterocycles. The predicted molar refractivity (Wildman–Crippen MR) is 86.0 cm³/mol. The molecule has 106 valence electrons. The van der Waals surface area contributed by atoms with Crippen LogP contribution in [0.25, 0.3) is 11.1 Å². The van der Waals surface area contributed by atoms with Crippen molar-refractivity contribution in [2.45, 2.75) is 32.7 Å². The summed E-state index contributed by atoms with van der Waals surface area (Å²) in [6.07, 6.45) is 2.24. The fourth-order valence-corrected chi connectivity index (χ4v) is 2.38. The van der Waals surface area contributed by atoms with Gasteiger partial charge in [-0.05, 0) is 35.4 Å². The lowest BCUT2D eigenvalue weighted by molar-refractivity contribution is 0.448. The van der Waals surface area contributed by atoms with Gasteiger partial charge < -0.3 is 0 Å². The maximum atomic E-state index is 5.69. The van der Waals surface area contributed by atoms with E-state index in [-0.39, 0.29) is 6.04 Å². The number of nitrogens with one attached hydrogen (secondary N) is 1. The van der Waals surface area contributed by atoms with E-state index in [4.69, 9.17) is 5.84 Å². The second kappa shape index (κ2) is 7.22. The molecule has 0 aromatic heterocycles. The van der Waals surface area contributed by atoms with Gasteiger partial charge in [0, 0.05) is 6.04 Å². The average Bonchev–Trinajstić information content (AvgIpc) is 2.49. The highest BCUT2D eigenvalue weighted by Gasteiger charge is 2.10. The Hall–Kier alpha value is -1.64. The molecule has 0 amide bonds. The Morgan fingerprint density at radius 2 is 1.45 bits per heavy atom. The van der Waals surface area contributed by atoms with Crippen molar-refractivity contribution in [3.8, 4) is 11.1 Å². The summed E-state index contributed by atoms with van der Waals surface area (Å²) < 4.78 is 0. The Morgan fingerprint density at radius 1 is 0.850 bits per heavy atom. The van der Waals surface area contributed by atoms with Gasteiger partial charge in [-0.3, -0.25) is 11.3 Å². The normalized spacial score (nSPS) is 12.6. The molecular formula is C18H24N2. The van der Waals surface area contributed by atoms with Gasteiger partial charge in [-0.15, -0.1) is 0 Å². The van der Waals surface area contributed by atoms with Crippen molar-refractivity contribution in [1.82, 2.24) is 5.43 Å². The molecule has 0 aliphatic carbocycles. The molecule has 0 spiro atoms. The van der Waals surface area contributed by atoms with Crippen molar-refractivity contribution in [3.63, 3.8) is 0 Å². The Labute approximate surface area is 122 Å². The SMILES string of the molecule is CC(C)CCC(NN)c1ccc(-c2ccccc2)cc1. The Bertz CT molecular complexity index is 503. The largest absolute Gasteiger partial charge is 0.271 e. The van der Waals surface area contributed by atoms with Crippen LogP contribution in [0.3, 0.4) is 0 Å². The van der Waals surface area contributed by atoms with Crippen molar-refractivity contribution >= 4 is 0 Å². The lowest BCUT2D eigenvalue weighted by Gasteiger charge is -2.18. The minimum atomic E-state index is 0.238. The summed E-state index contributed by atoms with van der Waals surface area (Å²) in [5.41, 5.74) is 6.68. The molecule has 3 N–H and O–H groups in total. The molecule has 2 aromatic carbocycles. The number of benzene rings is 2. The number of hydrogen-bond acceptors (Lipinski definition) is 2. The molecule has 0 radical (unpaired) electrons. The molecule has 1 unspecified atom stereocenters. The van der Waals surface area contributed by atoms with Crippen LogP contribution in [0.2, 0.25) is 0 Å². The van der Waals surface area contributed by atoms with Crippen LogP contribution in [0, 0.1) is 5.92 Å². The quantitative estimate of drug-likeness (QED) is 0.605. The van der Waals surface area contributed by atoms with Gasteiger partial charge in [0.1, 0.15) is 0 Å². The smallest absolute Gasteiger partial charge is 0.0460 e. The van der Waals surface area contributed by atoms with Gasteiger partial charge in [0.15, 0.2) is 0 Å². The number of rotatable bonds is 6. The van der Waals surface area contributed by atoms with Crippen molar-refractivity contribution in [2.75, 3.05) is 0 Å². The van der Waals surface area contributed by atoms with Crippen LogP contribution in [0.5, 0.6) is 0 Å². The lowest BCUT2D eigenvalue weighted by atomic mass is 9.96. The van der Waals surface area contributed by atoms with E-state index in [1.54, 1.807) is 0 Å². The first-order valence-electron chi connectivity index (χ1n) is 7.32. The number of hydrogen-bond donors (Lipinski definition) is 2. The zero-order chi connectivity index (χ0) is 14.4. The Morgan fingerprint density at radius 3 is 2.00 bits per heavy atom. The molecule has 2 nitrogen and oxygen atoms in total. The zero-order valence-corrected chi connectivity index (χ0v) is 12.3. The summed E-state index contributed by atoms with van der Waals surface area (Å²) in [6.45, 7) is 4.48. The molecule has 2 heteroatoms. The summed E-state index contributed by atoms with van der Waals surface area (Å²) in [6, 6.07) is 19.4. The van der Waals surface area contributed by atoms with Crippen LogP contribution in [-0.4, -0.2) is 0 Å². The molecule has 0 bridgehead atoms. The minimum Gasteiger partial charge on any atom is -0.271 e. The van der Waals surface area contributed by atoms with Crippen LogP contribution in [-0.2, 0) is 0 Å². The fourth-order valence-electron chi connectivity index (χ4n) is 2.38. The number of hydrazine groups is 1. The van der Waals surface area contributed by atoms with Crippen LogP contribution < -0.4 is 11.3 Å². The maximum absolute atomic E-state index is 5.69. The van der Waals surface area contributed by atoms with Crippen molar-refractivity contribution < 1.29 is 0 Å². The monoisotopic (exact) mass is 268 g/mol. The molecule has 0 saturated heterocycles.